The van der Waals surface area contributed by atoms with Crippen molar-refractivity contribution >= 4 is 5.91 Å². The Morgan fingerprint density at radius 1 is 1.24 bits per heavy atom. The second-order valence-electron chi connectivity index (χ2n) is 6.87. The Balaban J connectivity index is 1.68. The van der Waals surface area contributed by atoms with Crippen molar-refractivity contribution in [1.82, 2.24) is 9.80 Å². The summed E-state index contributed by atoms with van der Waals surface area (Å²) in [6.45, 7) is 8.81. The molecule has 2 aliphatic rings. The smallest absolute Gasteiger partial charge is 0.237 e. The summed E-state index contributed by atoms with van der Waals surface area (Å²) in [5, 5.41) is 0. The molecule has 2 heterocycles. The van der Waals surface area contributed by atoms with E-state index < -0.39 is 0 Å². The summed E-state index contributed by atoms with van der Waals surface area (Å²) in [7, 11) is 0. The predicted octanol–water partition coefficient (Wildman–Crippen LogP) is 3.24. The van der Waals surface area contributed by atoms with Gasteiger partial charge >= 0.3 is 0 Å². The number of rotatable bonds is 7. The molecule has 1 unspecified atom stereocenters. The van der Waals surface area contributed by atoms with Gasteiger partial charge in [0.05, 0.1) is 12.6 Å². The molecule has 0 spiro atoms. The summed E-state index contributed by atoms with van der Waals surface area (Å²) in [6, 6.07) is 6.27. The lowest BCUT2D eigenvalue weighted by molar-refractivity contribution is -0.133. The molecule has 1 amide bonds. The lowest BCUT2D eigenvalue weighted by atomic mass is 10.0. The molecule has 1 aromatic carbocycles. The van der Waals surface area contributed by atoms with Crippen LogP contribution < -0.4 is 9.47 Å². The van der Waals surface area contributed by atoms with Gasteiger partial charge < -0.3 is 14.4 Å². The number of ether oxygens (including phenoxy) is 2. The Hall–Kier alpha value is -1.75. The normalized spacial score (nSPS) is 19.5. The van der Waals surface area contributed by atoms with Crippen molar-refractivity contribution in [3.63, 3.8) is 0 Å². The largest absolute Gasteiger partial charge is 0.486 e. The van der Waals surface area contributed by atoms with Crippen molar-refractivity contribution in [2.24, 2.45) is 0 Å². The first kappa shape index (κ1) is 18.1. The van der Waals surface area contributed by atoms with Gasteiger partial charge in [-0.05, 0) is 50.0 Å². The summed E-state index contributed by atoms with van der Waals surface area (Å²) >= 11 is 0. The first-order chi connectivity index (χ1) is 12.2. The van der Waals surface area contributed by atoms with Gasteiger partial charge in [-0.2, -0.15) is 0 Å². The Morgan fingerprint density at radius 2 is 2.04 bits per heavy atom. The van der Waals surface area contributed by atoms with E-state index in [1.165, 1.54) is 0 Å². The van der Waals surface area contributed by atoms with Gasteiger partial charge in [-0.1, -0.05) is 26.3 Å². The van der Waals surface area contributed by atoms with Crippen molar-refractivity contribution in [3.05, 3.63) is 23.8 Å². The number of carbonyl (C=O) groups is 1. The average molecular weight is 346 g/mol. The van der Waals surface area contributed by atoms with Crippen LogP contribution >= 0.6 is 0 Å². The number of hydrogen-bond donors (Lipinski definition) is 0. The molecule has 1 atom stereocenters. The maximum atomic E-state index is 12.9. The highest BCUT2D eigenvalue weighted by molar-refractivity contribution is 5.79. The number of benzene rings is 1. The topological polar surface area (TPSA) is 42.0 Å². The average Bonchev–Trinajstić information content (AvgIpc) is 3.14. The molecule has 0 radical (unpaired) electrons. The molecule has 1 aromatic rings. The van der Waals surface area contributed by atoms with Crippen molar-refractivity contribution < 1.29 is 14.3 Å². The monoisotopic (exact) mass is 346 g/mol. The van der Waals surface area contributed by atoms with Crippen LogP contribution in [0.4, 0.5) is 0 Å². The number of nitrogens with zero attached hydrogens (tertiary/aromatic N) is 2. The molecular formula is C20H30N2O3. The Morgan fingerprint density at radius 3 is 2.80 bits per heavy atom. The molecule has 0 bridgehead atoms. The zero-order chi connectivity index (χ0) is 17.6. The minimum Gasteiger partial charge on any atom is -0.486 e. The summed E-state index contributed by atoms with van der Waals surface area (Å²) < 4.78 is 11.3. The van der Waals surface area contributed by atoms with Crippen molar-refractivity contribution in [2.75, 3.05) is 39.4 Å². The van der Waals surface area contributed by atoms with Gasteiger partial charge in [0.1, 0.15) is 13.2 Å². The molecule has 5 heteroatoms. The molecule has 2 aliphatic heterocycles. The van der Waals surface area contributed by atoms with Crippen molar-refractivity contribution in [2.45, 2.75) is 45.6 Å². The van der Waals surface area contributed by atoms with Gasteiger partial charge in [0, 0.05) is 6.54 Å². The van der Waals surface area contributed by atoms with E-state index in [-0.39, 0.29) is 11.9 Å². The van der Waals surface area contributed by atoms with E-state index in [4.69, 9.17) is 9.47 Å². The zero-order valence-corrected chi connectivity index (χ0v) is 15.5. The van der Waals surface area contributed by atoms with Crippen LogP contribution in [0.2, 0.25) is 0 Å². The number of likely N-dealkylation sites (tertiary alicyclic amines) is 1. The highest BCUT2D eigenvalue weighted by Crippen LogP contribution is 2.38. The van der Waals surface area contributed by atoms with Crippen LogP contribution in [0, 0.1) is 0 Å². The van der Waals surface area contributed by atoms with Crippen LogP contribution in [-0.4, -0.2) is 55.1 Å². The number of unbranched alkanes of at least 4 members (excludes halogenated alkanes) is 1. The van der Waals surface area contributed by atoms with Crippen LogP contribution in [0.1, 0.15) is 51.1 Å². The molecule has 0 saturated carbocycles. The maximum Gasteiger partial charge on any atom is 0.237 e. The van der Waals surface area contributed by atoms with Crippen LogP contribution in [0.3, 0.4) is 0 Å². The minimum absolute atomic E-state index is 0.160. The van der Waals surface area contributed by atoms with Gasteiger partial charge in [0.15, 0.2) is 11.5 Å². The van der Waals surface area contributed by atoms with Gasteiger partial charge in [0.25, 0.3) is 0 Å². The number of likely N-dealkylation sites (N-methyl/N-ethyl adjacent to an activating group) is 1. The molecule has 0 aliphatic carbocycles. The second kappa shape index (κ2) is 8.56. The third kappa shape index (κ3) is 4.27. The lowest BCUT2D eigenvalue weighted by Crippen LogP contribution is -2.40. The molecule has 138 valence electrons. The molecule has 0 N–H and O–H groups in total. The Labute approximate surface area is 150 Å². The summed E-state index contributed by atoms with van der Waals surface area (Å²) in [6.07, 6.45) is 4.39. The highest BCUT2D eigenvalue weighted by atomic mass is 16.6. The standard InChI is InChI=1S/C20H30N2O3/c1-3-5-10-21(4-2)15-20(23)22-11-6-7-17(22)16-8-9-18-19(14-16)25-13-12-24-18/h8-9,14,17H,3-7,10-13,15H2,1-2H3. The molecule has 0 aromatic heterocycles. The zero-order valence-electron chi connectivity index (χ0n) is 15.5. The van der Waals surface area contributed by atoms with E-state index >= 15 is 0 Å². The summed E-state index contributed by atoms with van der Waals surface area (Å²) in [5.74, 6) is 1.86. The van der Waals surface area contributed by atoms with Crippen molar-refractivity contribution in [1.29, 1.82) is 0 Å². The fourth-order valence-corrected chi connectivity index (χ4v) is 3.69. The number of carbonyl (C=O) groups excluding carboxylic acids is 1. The quantitative estimate of drug-likeness (QED) is 0.760. The third-order valence-corrected chi connectivity index (χ3v) is 5.16. The molecular weight excluding hydrogens is 316 g/mol. The Bertz CT molecular complexity index is 590. The third-order valence-electron chi connectivity index (χ3n) is 5.16. The van der Waals surface area contributed by atoms with Crippen molar-refractivity contribution in [3.8, 4) is 11.5 Å². The van der Waals surface area contributed by atoms with Gasteiger partial charge in [-0.3, -0.25) is 9.69 Å². The first-order valence-corrected chi connectivity index (χ1v) is 9.64. The van der Waals surface area contributed by atoms with E-state index in [0.29, 0.717) is 19.8 Å². The van der Waals surface area contributed by atoms with E-state index in [1.54, 1.807) is 0 Å². The van der Waals surface area contributed by atoms with E-state index in [2.05, 4.69) is 35.8 Å². The van der Waals surface area contributed by atoms with E-state index in [1.807, 2.05) is 6.07 Å². The molecule has 1 fully saturated rings. The number of amides is 1. The fraction of sp³-hybridized carbons (Fsp3) is 0.650. The predicted molar refractivity (Wildman–Crippen MR) is 98.1 cm³/mol. The second-order valence-corrected chi connectivity index (χ2v) is 6.87. The first-order valence-electron chi connectivity index (χ1n) is 9.64. The number of hydrogen-bond acceptors (Lipinski definition) is 4. The van der Waals surface area contributed by atoms with E-state index in [0.717, 1.165) is 62.4 Å². The summed E-state index contributed by atoms with van der Waals surface area (Å²) in [5.41, 5.74) is 1.16. The maximum absolute atomic E-state index is 12.9. The summed E-state index contributed by atoms with van der Waals surface area (Å²) in [4.78, 5) is 17.2. The SMILES string of the molecule is CCCCN(CC)CC(=O)N1CCCC1c1ccc2c(c1)OCCO2. The number of fused-ring (bicyclic) bond motifs is 1. The van der Waals surface area contributed by atoms with Gasteiger partial charge in [0.2, 0.25) is 5.91 Å². The van der Waals surface area contributed by atoms with Gasteiger partial charge in [-0.15, -0.1) is 0 Å². The van der Waals surface area contributed by atoms with Gasteiger partial charge in [-0.25, -0.2) is 0 Å². The van der Waals surface area contributed by atoms with E-state index in [9.17, 15) is 4.79 Å². The molecule has 3 rings (SSSR count). The fourth-order valence-electron chi connectivity index (χ4n) is 3.69. The van der Waals surface area contributed by atoms with Crippen LogP contribution in [-0.2, 0) is 4.79 Å². The molecule has 25 heavy (non-hydrogen) atoms. The lowest BCUT2D eigenvalue weighted by Gasteiger charge is -2.29. The van der Waals surface area contributed by atoms with Crippen LogP contribution in [0.25, 0.3) is 0 Å². The highest BCUT2D eigenvalue weighted by Gasteiger charge is 2.31. The van der Waals surface area contributed by atoms with Crippen LogP contribution in [0.5, 0.6) is 11.5 Å². The van der Waals surface area contributed by atoms with Crippen LogP contribution in [0.15, 0.2) is 18.2 Å². The minimum atomic E-state index is 0.160. The molecule has 1 saturated heterocycles. The Kier molecular flexibility index (Phi) is 6.19. The molecule has 5 nitrogen and oxygen atoms in total.